The summed E-state index contributed by atoms with van der Waals surface area (Å²) in [5.41, 5.74) is 3.85. The molecule has 23 heavy (non-hydrogen) atoms. The van der Waals surface area contributed by atoms with Crippen molar-refractivity contribution in [3.8, 4) is 5.75 Å². The van der Waals surface area contributed by atoms with E-state index < -0.39 is 62.8 Å². The van der Waals surface area contributed by atoms with Crippen LogP contribution in [0.2, 0.25) is 0 Å². The molecule has 0 fully saturated rings. The summed E-state index contributed by atoms with van der Waals surface area (Å²) in [6, 6.07) is 1.64. The number of rotatable bonds is 3. The van der Waals surface area contributed by atoms with E-state index in [0.717, 1.165) is 0 Å². The molecular weight excluding hydrogens is 356 g/mol. The van der Waals surface area contributed by atoms with Gasteiger partial charge in [-0.05, 0) is 6.07 Å². The number of phenolic OH excluding ortho intramolecular Hbond substituents is 1. The van der Waals surface area contributed by atoms with Crippen LogP contribution in [0.15, 0.2) is 28.0 Å². The van der Waals surface area contributed by atoms with Crippen LogP contribution in [0.3, 0.4) is 0 Å². The molecule has 0 aliphatic rings. The zero-order chi connectivity index (χ0) is 17.7. The lowest BCUT2D eigenvalue weighted by atomic mass is 10.1. The first-order chi connectivity index (χ1) is 10.3. The average Bonchev–Trinajstić information content (AvgIpc) is 2.39. The van der Waals surface area contributed by atoms with Gasteiger partial charge < -0.3 is 10.8 Å². The molecule has 0 amide bonds. The molecule has 0 aromatic heterocycles. The number of benzene rings is 2. The van der Waals surface area contributed by atoms with Crippen LogP contribution in [0.1, 0.15) is 0 Å². The van der Waals surface area contributed by atoms with Gasteiger partial charge in [-0.2, -0.15) is 16.8 Å². The van der Waals surface area contributed by atoms with E-state index in [1.165, 1.54) is 0 Å². The smallest absolute Gasteiger partial charge is 0.295 e. The third-order valence-corrected chi connectivity index (χ3v) is 4.69. The number of nitro benzene ring substituents is 1. The number of hydrogen-bond acceptors (Lipinski definition) is 8. The van der Waals surface area contributed by atoms with Crippen molar-refractivity contribution in [2.75, 3.05) is 5.73 Å². The number of nitrogens with two attached hydrogens (primary N) is 1. The van der Waals surface area contributed by atoms with Crippen molar-refractivity contribution in [1.29, 1.82) is 0 Å². The predicted octanol–water partition coefficient (Wildman–Crippen LogP) is 0.529. The summed E-state index contributed by atoms with van der Waals surface area (Å²) in [4.78, 5) is 7.73. The Kier molecular flexibility index (Phi) is 3.68. The Morgan fingerprint density at radius 3 is 1.96 bits per heavy atom. The SMILES string of the molecule is Nc1cc(S(=O)(=O)O)c2cc([N+](=O)[O-])cc(S(=O)(=O)O)c2c1O. The molecule has 0 aliphatic heterocycles. The standard InChI is InChI=1S/C10H8N2O9S2/c11-6-3-7(22(16,17)18)5-1-4(12(14)15)2-8(23(19,20)21)9(5)10(6)13/h1-3,13H,11H2,(H,16,17,18)(H,19,20,21). The van der Waals surface area contributed by atoms with Gasteiger partial charge in [0.15, 0.2) is 0 Å². The summed E-state index contributed by atoms with van der Waals surface area (Å²) in [7, 11) is -10.0. The fourth-order valence-corrected chi connectivity index (χ4v) is 3.44. The first kappa shape index (κ1) is 16.9. The van der Waals surface area contributed by atoms with Gasteiger partial charge in [-0.3, -0.25) is 19.2 Å². The van der Waals surface area contributed by atoms with Gasteiger partial charge in [0, 0.05) is 22.9 Å². The summed E-state index contributed by atoms with van der Waals surface area (Å²) in [6.45, 7) is 0. The van der Waals surface area contributed by atoms with Gasteiger partial charge in [-0.25, -0.2) is 0 Å². The molecule has 0 saturated heterocycles. The number of nitrogen functional groups attached to an aromatic ring is 1. The molecule has 0 radical (unpaired) electrons. The van der Waals surface area contributed by atoms with E-state index in [1.54, 1.807) is 0 Å². The first-order valence-electron chi connectivity index (χ1n) is 5.52. The summed E-state index contributed by atoms with van der Waals surface area (Å²) >= 11 is 0. The molecule has 0 spiro atoms. The number of nitro groups is 1. The zero-order valence-corrected chi connectivity index (χ0v) is 12.5. The van der Waals surface area contributed by atoms with Crippen LogP contribution in [0.4, 0.5) is 11.4 Å². The molecule has 13 heteroatoms. The Morgan fingerprint density at radius 2 is 1.52 bits per heavy atom. The van der Waals surface area contributed by atoms with E-state index in [4.69, 9.17) is 5.73 Å². The normalized spacial score (nSPS) is 12.4. The highest BCUT2D eigenvalue weighted by Crippen LogP contribution is 2.41. The molecule has 2 rings (SSSR count). The fraction of sp³-hybridized carbons (Fsp3) is 0. The Labute approximate surface area is 128 Å². The second-order valence-electron chi connectivity index (χ2n) is 4.39. The quantitative estimate of drug-likeness (QED) is 0.196. The summed E-state index contributed by atoms with van der Waals surface area (Å²) in [6.07, 6.45) is 0. The third-order valence-electron chi connectivity index (χ3n) is 2.92. The molecule has 0 unspecified atom stereocenters. The fourth-order valence-electron chi connectivity index (χ4n) is 1.99. The number of hydrogen-bond donors (Lipinski definition) is 4. The highest BCUT2D eigenvalue weighted by Gasteiger charge is 2.28. The van der Waals surface area contributed by atoms with Crippen LogP contribution in [-0.2, 0) is 20.2 Å². The molecule has 11 nitrogen and oxygen atoms in total. The minimum absolute atomic E-state index is 0.421. The highest BCUT2D eigenvalue weighted by atomic mass is 32.2. The summed E-state index contributed by atoms with van der Waals surface area (Å²) < 4.78 is 64.0. The van der Waals surface area contributed by atoms with Crippen LogP contribution in [0.5, 0.6) is 5.75 Å². The van der Waals surface area contributed by atoms with Gasteiger partial charge in [0.25, 0.3) is 25.9 Å². The second-order valence-corrected chi connectivity index (χ2v) is 7.17. The Balaban J connectivity index is 3.26. The van der Waals surface area contributed by atoms with Gasteiger partial charge in [0.2, 0.25) is 0 Å². The van der Waals surface area contributed by atoms with Crippen LogP contribution in [0.25, 0.3) is 10.8 Å². The van der Waals surface area contributed by atoms with Crippen molar-refractivity contribution in [2.24, 2.45) is 0 Å². The van der Waals surface area contributed by atoms with Crippen molar-refractivity contribution >= 4 is 42.4 Å². The van der Waals surface area contributed by atoms with E-state index in [2.05, 4.69) is 0 Å². The maximum absolute atomic E-state index is 11.4. The third kappa shape index (κ3) is 2.89. The molecule has 0 aliphatic carbocycles. The lowest BCUT2D eigenvalue weighted by molar-refractivity contribution is -0.384. The Morgan fingerprint density at radius 1 is 1.00 bits per heavy atom. The number of fused-ring (bicyclic) bond motifs is 1. The molecule has 2 aromatic rings. The van der Waals surface area contributed by atoms with Crippen LogP contribution < -0.4 is 5.73 Å². The summed E-state index contributed by atoms with van der Waals surface area (Å²) in [5, 5.41) is 19.3. The van der Waals surface area contributed by atoms with E-state index in [9.17, 15) is 41.2 Å². The van der Waals surface area contributed by atoms with Crippen LogP contribution in [0, 0.1) is 10.1 Å². The van der Waals surface area contributed by atoms with Gasteiger partial charge in [-0.15, -0.1) is 0 Å². The van der Waals surface area contributed by atoms with Crippen molar-refractivity contribution in [2.45, 2.75) is 9.79 Å². The minimum Gasteiger partial charge on any atom is -0.505 e. The molecule has 0 heterocycles. The van der Waals surface area contributed by atoms with Crippen LogP contribution in [-0.4, -0.2) is 36.0 Å². The molecular formula is C10H8N2O9S2. The van der Waals surface area contributed by atoms with Gasteiger partial charge in [0.1, 0.15) is 15.5 Å². The number of aromatic hydroxyl groups is 1. The molecule has 5 N–H and O–H groups in total. The predicted molar refractivity (Wildman–Crippen MR) is 76.3 cm³/mol. The zero-order valence-electron chi connectivity index (χ0n) is 10.9. The van der Waals surface area contributed by atoms with E-state index >= 15 is 0 Å². The van der Waals surface area contributed by atoms with Gasteiger partial charge >= 0.3 is 0 Å². The number of non-ortho nitro benzene ring substituents is 1. The highest BCUT2D eigenvalue weighted by molar-refractivity contribution is 7.86. The second kappa shape index (κ2) is 5.02. The maximum atomic E-state index is 11.4. The van der Waals surface area contributed by atoms with Gasteiger partial charge in [0.05, 0.1) is 10.6 Å². The number of anilines is 1. The molecule has 0 saturated carbocycles. The van der Waals surface area contributed by atoms with Crippen molar-refractivity contribution in [3.63, 3.8) is 0 Å². The maximum Gasteiger partial charge on any atom is 0.295 e. The number of nitrogens with zero attached hydrogens (tertiary/aromatic N) is 1. The van der Waals surface area contributed by atoms with Crippen molar-refractivity contribution in [3.05, 3.63) is 28.3 Å². The topological polar surface area (TPSA) is 198 Å². The monoisotopic (exact) mass is 364 g/mol. The molecule has 0 atom stereocenters. The molecule has 124 valence electrons. The Hall–Kier alpha value is -2.48. The van der Waals surface area contributed by atoms with E-state index in [-0.39, 0.29) is 0 Å². The first-order valence-corrected chi connectivity index (χ1v) is 8.40. The van der Waals surface area contributed by atoms with Crippen molar-refractivity contribution < 1.29 is 36.0 Å². The molecule has 2 aromatic carbocycles. The average molecular weight is 364 g/mol. The van der Waals surface area contributed by atoms with E-state index in [0.29, 0.717) is 18.2 Å². The lowest BCUT2D eigenvalue weighted by Crippen LogP contribution is -2.06. The lowest BCUT2D eigenvalue weighted by Gasteiger charge is -2.11. The van der Waals surface area contributed by atoms with E-state index in [1.807, 2.05) is 0 Å². The van der Waals surface area contributed by atoms with Crippen LogP contribution >= 0.6 is 0 Å². The van der Waals surface area contributed by atoms with Gasteiger partial charge in [-0.1, -0.05) is 0 Å². The van der Waals surface area contributed by atoms with Crippen molar-refractivity contribution in [1.82, 2.24) is 0 Å². The number of phenols is 1. The molecule has 0 bridgehead atoms. The summed E-state index contributed by atoms with van der Waals surface area (Å²) in [5.74, 6) is -0.921. The Bertz CT molecular complexity index is 1060. The largest absolute Gasteiger partial charge is 0.505 e. The minimum atomic E-state index is -5.08.